The van der Waals surface area contributed by atoms with Crippen molar-refractivity contribution in [2.75, 3.05) is 44.8 Å². The molecule has 1 amide bonds. The first-order valence-corrected chi connectivity index (χ1v) is 16.4. The molecular formula is C33H40ClN3O3S. The third-order valence-corrected chi connectivity index (χ3v) is 11.3. The van der Waals surface area contributed by atoms with Crippen LogP contribution in [0.25, 0.3) is 0 Å². The van der Waals surface area contributed by atoms with Gasteiger partial charge in [0.1, 0.15) is 5.75 Å². The van der Waals surface area contributed by atoms with Gasteiger partial charge in [0, 0.05) is 42.1 Å². The van der Waals surface area contributed by atoms with E-state index in [9.17, 15) is 4.79 Å². The monoisotopic (exact) mass is 593 g/mol. The number of hydrogen-bond donors (Lipinski definition) is 1. The number of halogens is 1. The van der Waals surface area contributed by atoms with Crippen LogP contribution in [0.4, 0.5) is 5.69 Å². The Bertz CT molecular complexity index is 1340. The van der Waals surface area contributed by atoms with E-state index in [1.54, 1.807) is 0 Å². The fourth-order valence-corrected chi connectivity index (χ4v) is 8.80. The minimum Gasteiger partial charge on any atom is -0.490 e. The topological polar surface area (TPSA) is 54.0 Å². The normalized spacial score (nSPS) is 32.5. The minimum atomic E-state index is -0.0920. The molecule has 6 nitrogen and oxygen atoms in total. The Morgan fingerprint density at radius 1 is 1.15 bits per heavy atom. The number of amides is 1. The van der Waals surface area contributed by atoms with E-state index < -0.39 is 0 Å². The molecule has 2 bridgehead atoms. The number of ether oxygens (including phenoxy) is 2. The van der Waals surface area contributed by atoms with Crippen molar-refractivity contribution in [2.45, 2.75) is 67.4 Å². The van der Waals surface area contributed by atoms with Gasteiger partial charge in [0.05, 0.1) is 24.4 Å². The number of carbonyl (C=O) groups is 1. The van der Waals surface area contributed by atoms with E-state index in [0.717, 1.165) is 79.6 Å². The lowest BCUT2D eigenvalue weighted by Gasteiger charge is -2.46. The summed E-state index contributed by atoms with van der Waals surface area (Å²) in [4.78, 5) is 19.2. The second-order valence-electron chi connectivity index (χ2n) is 12.6. The summed E-state index contributed by atoms with van der Waals surface area (Å²) in [5.74, 6) is 2.06. The van der Waals surface area contributed by atoms with Crippen LogP contribution in [0.5, 0.6) is 5.75 Å². The van der Waals surface area contributed by atoms with Gasteiger partial charge < -0.3 is 14.4 Å². The highest BCUT2D eigenvalue weighted by Crippen LogP contribution is 2.47. The van der Waals surface area contributed by atoms with Gasteiger partial charge in [0.2, 0.25) is 5.91 Å². The van der Waals surface area contributed by atoms with Crippen LogP contribution in [0.3, 0.4) is 0 Å². The molecule has 2 aliphatic carbocycles. The molecular weight excluding hydrogens is 554 g/mol. The quantitative estimate of drug-likeness (QED) is 0.323. The van der Waals surface area contributed by atoms with Crippen LogP contribution in [-0.2, 0) is 21.4 Å². The molecule has 0 unspecified atom stereocenters. The molecule has 1 N–H and O–H groups in total. The van der Waals surface area contributed by atoms with Gasteiger partial charge in [0.25, 0.3) is 0 Å². The van der Waals surface area contributed by atoms with Gasteiger partial charge in [-0.15, -0.1) is 0 Å². The van der Waals surface area contributed by atoms with E-state index in [1.807, 2.05) is 13.2 Å². The highest BCUT2D eigenvalue weighted by molar-refractivity contribution is 7.98. The maximum Gasteiger partial charge on any atom is 0.247 e. The van der Waals surface area contributed by atoms with E-state index in [4.69, 9.17) is 21.1 Å². The van der Waals surface area contributed by atoms with Gasteiger partial charge in [-0.1, -0.05) is 29.8 Å². The molecule has 2 aromatic carbocycles. The molecule has 218 valence electrons. The lowest BCUT2D eigenvalue weighted by atomic mass is 9.68. The molecule has 41 heavy (non-hydrogen) atoms. The number of benzene rings is 2. The standard InChI is InChI=1S/C33H40ClN3O3S/c1-39-30-7-4-16-36-15-3-6-28(36)32(38)35-41-25-10-13-31-29(18-25)37(19-23-8-11-26(23)30)20-33(21-40-31)14-2-5-22-17-24(34)9-12-27(22)33/h4,7,9-10,12-13,17-18,23,26,28,30H,2-3,5-6,8,11,14-16,19-21H2,1H3,(H,35,38)/b7-4+/t23-,26+,28-,30-,33-/m0/s1. The smallest absolute Gasteiger partial charge is 0.247 e. The summed E-state index contributed by atoms with van der Waals surface area (Å²) >= 11 is 7.87. The number of aryl methyl sites for hydroxylation is 1. The predicted molar refractivity (Wildman–Crippen MR) is 165 cm³/mol. The van der Waals surface area contributed by atoms with E-state index >= 15 is 0 Å². The van der Waals surface area contributed by atoms with Crippen molar-refractivity contribution in [1.82, 2.24) is 9.62 Å². The Morgan fingerprint density at radius 3 is 2.93 bits per heavy atom. The average Bonchev–Trinajstić information content (AvgIpc) is 3.38. The number of fused-ring (bicyclic) bond motifs is 5. The predicted octanol–water partition coefficient (Wildman–Crippen LogP) is 6.01. The summed E-state index contributed by atoms with van der Waals surface area (Å²) in [6, 6.07) is 12.8. The van der Waals surface area contributed by atoms with Crippen LogP contribution in [0.15, 0.2) is 53.4 Å². The summed E-state index contributed by atoms with van der Waals surface area (Å²) in [7, 11) is 1.84. The molecule has 5 atom stereocenters. The Balaban J connectivity index is 1.26. The van der Waals surface area contributed by atoms with E-state index in [0.29, 0.717) is 18.4 Å². The van der Waals surface area contributed by atoms with Crippen LogP contribution in [-0.4, -0.2) is 62.8 Å². The van der Waals surface area contributed by atoms with Crippen LogP contribution in [0.1, 0.15) is 49.7 Å². The molecule has 2 fully saturated rings. The molecule has 3 aliphatic heterocycles. The maximum absolute atomic E-state index is 13.2. The van der Waals surface area contributed by atoms with Crippen LogP contribution in [0, 0.1) is 11.8 Å². The second kappa shape index (κ2) is 11.5. The molecule has 3 heterocycles. The summed E-state index contributed by atoms with van der Waals surface area (Å²) in [6.07, 6.45) is 12.2. The summed E-state index contributed by atoms with van der Waals surface area (Å²) in [5, 5.41) is 0.809. The largest absolute Gasteiger partial charge is 0.490 e. The van der Waals surface area contributed by atoms with Crippen molar-refractivity contribution in [1.29, 1.82) is 0 Å². The van der Waals surface area contributed by atoms with E-state index in [-0.39, 0.29) is 23.5 Å². The first-order chi connectivity index (χ1) is 20.0. The third-order valence-electron chi connectivity index (χ3n) is 10.2. The van der Waals surface area contributed by atoms with Crippen LogP contribution in [0.2, 0.25) is 5.02 Å². The van der Waals surface area contributed by atoms with Crippen molar-refractivity contribution < 1.29 is 14.3 Å². The van der Waals surface area contributed by atoms with Gasteiger partial charge in [0.15, 0.2) is 0 Å². The Morgan fingerprint density at radius 2 is 2.07 bits per heavy atom. The highest BCUT2D eigenvalue weighted by atomic mass is 35.5. The molecule has 5 aliphatic rings. The number of anilines is 1. The molecule has 7 rings (SSSR count). The molecule has 1 saturated carbocycles. The van der Waals surface area contributed by atoms with Gasteiger partial charge >= 0.3 is 0 Å². The molecule has 2 aromatic rings. The second-order valence-corrected chi connectivity index (χ2v) is 13.9. The number of rotatable bonds is 1. The zero-order chi connectivity index (χ0) is 28.0. The van der Waals surface area contributed by atoms with Crippen LogP contribution >= 0.6 is 23.5 Å². The van der Waals surface area contributed by atoms with Gasteiger partial charge in [-0.3, -0.25) is 14.4 Å². The molecule has 0 aromatic heterocycles. The summed E-state index contributed by atoms with van der Waals surface area (Å²) in [5.41, 5.74) is 3.79. The van der Waals surface area contributed by atoms with Crippen molar-refractivity contribution in [3.05, 3.63) is 64.7 Å². The number of hydrogen-bond acceptors (Lipinski definition) is 6. The molecule has 1 saturated heterocycles. The zero-order valence-corrected chi connectivity index (χ0v) is 25.4. The molecule has 1 spiro atoms. The van der Waals surface area contributed by atoms with Gasteiger partial charge in [-0.25, -0.2) is 0 Å². The van der Waals surface area contributed by atoms with Crippen molar-refractivity contribution >= 4 is 35.1 Å². The zero-order valence-electron chi connectivity index (χ0n) is 23.8. The first-order valence-electron chi connectivity index (χ1n) is 15.2. The van der Waals surface area contributed by atoms with Crippen molar-refractivity contribution in [2.24, 2.45) is 11.8 Å². The summed E-state index contributed by atoms with van der Waals surface area (Å²) < 4.78 is 15.9. The summed E-state index contributed by atoms with van der Waals surface area (Å²) in [6.45, 7) is 4.27. The third kappa shape index (κ3) is 5.28. The minimum absolute atomic E-state index is 0.0853. The Kier molecular flexibility index (Phi) is 7.74. The van der Waals surface area contributed by atoms with E-state index in [1.165, 1.54) is 35.9 Å². The number of methoxy groups -OCH3 is 1. The lowest BCUT2D eigenvalue weighted by Crippen LogP contribution is -2.49. The lowest BCUT2D eigenvalue weighted by molar-refractivity contribution is -0.123. The Hall–Kier alpha value is -2.19. The van der Waals surface area contributed by atoms with E-state index in [2.05, 4.69) is 57.0 Å². The van der Waals surface area contributed by atoms with Crippen molar-refractivity contribution in [3.63, 3.8) is 0 Å². The fourth-order valence-electron chi connectivity index (χ4n) is 7.94. The number of nitrogens with one attached hydrogen (secondary N) is 1. The fraction of sp³-hybridized carbons (Fsp3) is 0.545. The molecule has 0 radical (unpaired) electrons. The number of nitrogens with zero attached hydrogens (tertiary/aromatic N) is 2. The van der Waals surface area contributed by atoms with Crippen LogP contribution < -0.4 is 14.4 Å². The SMILES string of the molecule is CO[C@H]1/C=C/CN2CCC[C@H]2C(=O)NSc2ccc3c(c2)N(C[C@@H]2CC[C@H]21)C[C@@]1(CCCc2cc(Cl)ccc21)CO3. The highest BCUT2D eigenvalue weighted by Gasteiger charge is 2.44. The van der Waals surface area contributed by atoms with Gasteiger partial charge in [-0.2, -0.15) is 0 Å². The van der Waals surface area contributed by atoms with Gasteiger partial charge in [-0.05, 0) is 117 Å². The first kappa shape index (κ1) is 27.6. The molecule has 8 heteroatoms. The van der Waals surface area contributed by atoms with Crippen molar-refractivity contribution in [3.8, 4) is 5.75 Å². The average molecular weight is 594 g/mol. The Labute approximate surface area is 252 Å². The maximum atomic E-state index is 13.2. The number of carbonyl (C=O) groups excluding carboxylic acids is 1.